The fourth-order valence-electron chi connectivity index (χ4n) is 2.71. The molecule has 23 heavy (non-hydrogen) atoms. The minimum Gasteiger partial charge on any atom is -0.482 e. The van der Waals surface area contributed by atoms with Crippen molar-refractivity contribution in [1.29, 1.82) is 0 Å². The van der Waals surface area contributed by atoms with Crippen LogP contribution in [0.5, 0.6) is 5.75 Å². The van der Waals surface area contributed by atoms with Crippen LogP contribution >= 0.6 is 15.9 Å². The summed E-state index contributed by atoms with van der Waals surface area (Å²) in [6.45, 7) is 6.02. The highest BCUT2D eigenvalue weighted by Crippen LogP contribution is 2.44. The minimum atomic E-state index is -0.957. The molecule has 0 atom stereocenters. The second kappa shape index (κ2) is 5.53. The smallest absolute Gasteiger partial charge is 0.335 e. The molecule has 0 spiro atoms. The first-order chi connectivity index (χ1) is 10.8. The summed E-state index contributed by atoms with van der Waals surface area (Å²) in [7, 11) is 0. The van der Waals surface area contributed by atoms with Crippen LogP contribution in [-0.2, 0) is 0 Å². The van der Waals surface area contributed by atoms with Gasteiger partial charge < -0.3 is 9.84 Å². The highest BCUT2D eigenvalue weighted by molar-refractivity contribution is 9.10. The van der Waals surface area contributed by atoms with Crippen LogP contribution in [0.2, 0.25) is 0 Å². The first kappa shape index (κ1) is 15.8. The molecular formula is C19H17BrO3. The maximum absolute atomic E-state index is 11.4. The molecule has 1 aliphatic heterocycles. The SMILES string of the molecule is Cc1ccc(C2=CC(C)(C)Oc3c(Br)cc(C(=O)O)cc32)cc1. The summed E-state index contributed by atoms with van der Waals surface area (Å²) in [6, 6.07) is 11.4. The van der Waals surface area contributed by atoms with Crippen molar-refractivity contribution in [2.45, 2.75) is 26.4 Å². The average Bonchev–Trinajstić information content (AvgIpc) is 2.47. The fraction of sp³-hybridized carbons (Fsp3) is 0.211. The molecule has 1 aliphatic rings. The number of ether oxygens (including phenoxy) is 1. The molecule has 0 saturated heterocycles. The van der Waals surface area contributed by atoms with Crippen molar-refractivity contribution < 1.29 is 14.6 Å². The lowest BCUT2D eigenvalue weighted by Crippen LogP contribution is -2.29. The van der Waals surface area contributed by atoms with Gasteiger partial charge in [-0.05, 0) is 66.0 Å². The van der Waals surface area contributed by atoms with E-state index >= 15 is 0 Å². The number of carboxylic acids is 1. The van der Waals surface area contributed by atoms with Crippen LogP contribution in [0.3, 0.4) is 0 Å². The number of hydrogen-bond acceptors (Lipinski definition) is 2. The molecule has 0 radical (unpaired) electrons. The van der Waals surface area contributed by atoms with Crippen molar-refractivity contribution in [3.8, 4) is 5.75 Å². The zero-order valence-corrected chi connectivity index (χ0v) is 14.8. The minimum absolute atomic E-state index is 0.233. The third kappa shape index (κ3) is 3.04. The van der Waals surface area contributed by atoms with E-state index in [4.69, 9.17) is 4.74 Å². The van der Waals surface area contributed by atoms with E-state index in [-0.39, 0.29) is 5.56 Å². The number of hydrogen-bond donors (Lipinski definition) is 1. The standard InChI is InChI=1S/C19H17BrO3/c1-11-4-6-12(7-5-11)15-10-19(2,3)23-17-14(15)8-13(18(21)22)9-16(17)20/h4-10H,1-3H3,(H,21,22). The Morgan fingerprint density at radius 3 is 2.43 bits per heavy atom. The molecule has 118 valence electrons. The van der Waals surface area contributed by atoms with E-state index in [9.17, 15) is 9.90 Å². The van der Waals surface area contributed by atoms with Gasteiger partial charge in [-0.25, -0.2) is 4.79 Å². The molecule has 0 fully saturated rings. The summed E-state index contributed by atoms with van der Waals surface area (Å²) in [6.07, 6.45) is 2.04. The Labute approximate surface area is 143 Å². The topological polar surface area (TPSA) is 46.5 Å². The second-order valence-electron chi connectivity index (χ2n) is 6.27. The number of carboxylic acid groups (broad SMARTS) is 1. The monoisotopic (exact) mass is 372 g/mol. The van der Waals surface area contributed by atoms with Crippen LogP contribution in [0.4, 0.5) is 0 Å². The third-order valence-corrected chi connectivity index (χ3v) is 4.39. The molecule has 1 N–H and O–H groups in total. The highest BCUT2D eigenvalue weighted by Gasteiger charge is 2.29. The zero-order chi connectivity index (χ0) is 16.8. The first-order valence-electron chi connectivity index (χ1n) is 7.33. The number of carbonyl (C=O) groups is 1. The Bertz CT molecular complexity index is 817. The van der Waals surface area contributed by atoms with Crippen LogP contribution in [0, 0.1) is 6.92 Å². The van der Waals surface area contributed by atoms with E-state index in [1.165, 1.54) is 5.56 Å². The largest absolute Gasteiger partial charge is 0.482 e. The van der Waals surface area contributed by atoms with E-state index in [1.807, 2.05) is 39.0 Å². The van der Waals surface area contributed by atoms with E-state index in [0.717, 1.165) is 16.7 Å². The summed E-state index contributed by atoms with van der Waals surface area (Å²) in [4.78, 5) is 11.4. The molecule has 4 heteroatoms. The van der Waals surface area contributed by atoms with Gasteiger partial charge in [0.05, 0.1) is 10.0 Å². The molecule has 3 nitrogen and oxygen atoms in total. The third-order valence-electron chi connectivity index (χ3n) is 3.80. The molecule has 2 aromatic rings. The van der Waals surface area contributed by atoms with Crippen molar-refractivity contribution in [2.75, 3.05) is 0 Å². The van der Waals surface area contributed by atoms with Crippen molar-refractivity contribution in [3.63, 3.8) is 0 Å². The second-order valence-corrected chi connectivity index (χ2v) is 7.12. The zero-order valence-electron chi connectivity index (χ0n) is 13.2. The van der Waals surface area contributed by atoms with Gasteiger partial charge in [0.25, 0.3) is 0 Å². The maximum Gasteiger partial charge on any atom is 0.335 e. The fourth-order valence-corrected chi connectivity index (χ4v) is 3.25. The summed E-state index contributed by atoms with van der Waals surface area (Å²) >= 11 is 3.45. The average molecular weight is 373 g/mol. The molecule has 0 aliphatic carbocycles. The van der Waals surface area contributed by atoms with Crippen molar-refractivity contribution in [2.24, 2.45) is 0 Å². The Kier molecular flexibility index (Phi) is 3.80. The number of fused-ring (bicyclic) bond motifs is 1. The summed E-state index contributed by atoms with van der Waals surface area (Å²) < 4.78 is 6.70. The van der Waals surface area contributed by atoms with Crippen LogP contribution < -0.4 is 4.74 Å². The van der Waals surface area contributed by atoms with E-state index in [1.54, 1.807) is 12.1 Å². The van der Waals surface area contributed by atoms with Crippen molar-refractivity contribution >= 4 is 27.5 Å². The first-order valence-corrected chi connectivity index (χ1v) is 8.12. The molecule has 1 heterocycles. The highest BCUT2D eigenvalue weighted by atomic mass is 79.9. The van der Waals surface area contributed by atoms with Gasteiger partial charge in [0.15, 0.2) is 0 Å². The van der Waals surface area contributed by atoms with Crippen LogP contribution in [0.1, 0.15) is 40.9 Å². The number of benzene rings is 2. The lowest BCUT2D eigenvalue weighted by molar-refractivity contribution is 0.0696. The van der Waals surface area contributed by atoms with Gasteiger partial charge in [-0.15, -0.1) is 0 Å². The van der Waals surface area contributed by atoms with Gasteiger partial charge in [0.2, 0.25) is 0 Å². The summed E-state index contributed by atoms with van der Waals surface area (Å²) in [5.74, 6) is -0.278. The van der Waals surface area contributed by atoms with Crippen molar-refractivity contribution in [1.82, 2.24) is 0 Å². The van der Waals surface area contributed by atoms with Crippen LogP contribution in [0.25, 0.3) is 5.57 Å². The molecule has 0 unspecified atom stereocenters. The van der Waals surface area contributed by atoms with E-state index in [2.05, 4.69) is 28.1 Å². The predicted octanol–water partition coefficient (Wildman–Crippen LogP) is 5.06. The Balaban J connectivity index is 2.25. The van der Waals surface area contributed by atoms with E-state index in [0.29, 0.717) is 10.2 Å². The van der Waals surface area contributed by atoms with Gasteiger partial charge in [0, 0.05) is 5.56 Å². The summed E-state index contributed by atoms with van der Waals surface area (Å²) in [5, 5.41) is 9.33. The van der Waals surface area contributed by atoms with Gasteiger partial charge in [-0.2, -0.15) is 0 Å². The summed E-state index contributed by atoms with van der Waals surface area (Å²) in [5.41, 5.74) is 3.77. The molecule has 0 saturated carbocycles. The van der Waals surface area contributed by atoms with E-state index < -0.39 is 11.6 Å². The quantitative estimate of drug-likeness (QED) is 0.801. The predicted molar refractivity (Wildman–Crippen MR) is 94.1 cm³/mol. The maximum atomic E-state index is 11.4. The lowest BCUT2D eigenvalue weighted by Gasteiger charge is -2.32. The van der Waals surface area contributed by atoms with Gasteiger partial charge in [-0.1, -0.05) is 29.8 Å². The Hall–Kier alpha value is -2.07. The molecule has 0 aromatic heterocycles. The molecule has 0 amide bonds. The lowest BCUT2D eigenvalue weighted by atomic mass is 9.89. The Morgan fingerprint density at radius 2 is 1.83 bits per heavy atom. The number of aryl methyl sites for hydroxylation is 1. The van der Waals surface area contributed by atoms with Gasteiger partial charge in [-0.3, -0.25) is 0 Å². The molecule has 3 rings (SSSR count). The molecular weight excluding hydrogens is 356 g/mol. The molecule has 2 aromatic carbocycles. The Morgan fingerprint density at radius 1 is 1.17 bits per heavy atom. The number of halogens is 1. The van der Waals surface area contributed by atoms with Crippen LogP contribution in [-0.4, -0.2) is 16.7 Å². The molecule has 0 bridgehead atoms. The van der Waals surface area contributed by atoms with Crippen molar-refractivity contribution in [3.05, 3.63) is 69.2 Å². The van der Waals surface area contributed by atoms with Gasteiger partial charge in [0.1, 0.15) is 11.4 Å². The van der Waals surface area contributed by atoms with Gasteiger partial charge >= 0.3 is 5.97 Å². The van der Waals surface area contributed by atoms with Crippen LogP contribution in [0.15, 0.2) is 46.9 Å². The normalized spacial score (nSPS) is 15.4. The number of aromatic carboxylic acids is 1. The number of rotatable bonds is 2.